The molecule has 1 unspecified atom stereocenters. The van der Waals surface area contributed by atoms with Crippen molar-refractivity contribution in [3.8, 4) is 33.8 Å². The van der Waals surface area contributed by atoms with Crippen molar-refractivity contribution in [2.24, 2.45) is 0 Å². The van der Waals surface area contributed by atoms with Gasteiger partial charge >= 0.3 is 0 Å². The van der Waals surface area contributed by atoms with Gasteiger partial charge in [0.2, 0.25) is 0 Å². The Balaban J connectivity index is 1.32. The highest BCUT2D eigenvalue weighted by Gasteiger charge is 2.46. The number of rotatable bonds is 3. The largest absolute Gasteiger partial charge is 0.456 e. The lowest BCUT2D eigenvalue weighted by Gasteiger charge is -2.36. The molecule has 0 spiro atoms. The third kappa shape index (κ3) is 3.61. The van der Waals surface area contributed by atoms with E-state index in [4.69, 9.17) is 4.74 Å². The van der Waals surface area contributed by atoms with Crippen LogP contribution in [0.4, 0.5) is 0 Å². The third-order valence-corrected chi connectivity index (χ3v) is 10.2. The zero-order valence-corrected chi connectivity index (χ0v) is 25.4. The van der Waals surface area contributed by atoms with E-state index in [9.17, 15) is 0 Å². The fourth-order valence-electron chi connectivity index (χ4n) is 8.05. The van der Waals surface area contributed by atoms with Crippen LogP contribution in [0.25, 0.3) is 33.0 Å². The maximum absolute atomic E-state index is 6.73. The van der Waals surface area contributed by atoms with Gasteiger partial charge in [0.05, 0.1) is 5.41 Å². The zero-order valence-electron chi connectivity index (χ0n) is 25.4. The summed E-state index contributed by atoms with van der Waals surface area (Å²) in [6.45, 7) is 4.60. The van der Waals surface area contributed by atoms with Crippen molar-refractivity contribution in [2.75, 3.05) is 0 Å². The molecule has 1 heterocycles. The van der Waals surface area contributed by atoms with Gasteiger partial charge in [-0.3, -0.25) is 0 Å². The summed E-state index contributed by atoms with van der Waals surface area (Å²) >= 11 is 0. The maximum Gasteiger partial charge on any atom is 0.139 e. The van der Waals surface area contributed by atoms with Crippen LogP contribution in [0.3, 0.4) is 0 Å². The van der Waals surface area contributed by atoms with Crippen molar-refractivity contribution >= 4 is 10.8 Å². The minimum absolute atomic E-state index is 0.173. The Hall–Kier alpha value is -5.40. The van der Waals surface area contributed by atoms with Gasteiger partial charge in [-0.25, -0.2) is 0 Å². The molecule has 1 atom stereocenters. The Morgan fingerprint density at radius 3 is 1.89 bits per heavy atom. The fraction of sp³-hybridized carbons (Fsp3) is 0.0909. The van der Waals surface area contributed by atoms with Crippen LogP contribution in [-0.4, -0.2) is 0 Å². The highest BCUT2D eigenvalue weighted by Crippen LogP contribution is 2.58. The van der Waals surface area contributed by atoms with Gasteiger partial charge in [0.15, 0.2) is 0 Å². The SMILES string of the molecule is CC1(C)c2ccccc2Oc2c(-c3cccc(C4(c5ccccc5)c5ccccc5-c5cc6ccccc6cc54)c3)cccc21. The molecule has 214 valence electrons. The second kappa shape index (κ2) is 9.55. The molecule has 7 aromatic carbocycles. The van der Waals surface area contributed by atoms with Crippen molar-refractivity contribution < 1.29 is 4.74 Å². The first kappa shape index (κ1) is 26.0. The molecule has 0 saturated heterocycles. The van der Waals surface area contributed by atoms with Crippen molar-refractivity contribution in [1.82, 2.24) is 0 Å². The number of hydrogen-bond donors (Lipinski definition) is 0. The molecule has 1 nitrogen and oxygen atoms in total. The minimum atomic E-state index is -0.477. The van der Waals surface area contributed by atoms with Crippen LogP contribution in [-0.2, 0) is 10.8 Å². The standard InChI is InChI=1S/C44H32O/c1-43(2)38-23-10-11-25-41(38)45-42-34(21-13-24-39(42)43)31-16-12-19-33(26-31)44(32-17-4-3-5-18-32)37-22-9-8-20-35(37)36-27-29-14-6-7-15-30(29)28-40(36)44/h3-28H,1-2H3. The van der Waals surface area contributed by atoms with E-state index < -0.39 is 5.41 Å². The smallest absolute Gasteiger partial charge is 0.139 e. The molecule has 0 fully saturated rings. The van der Waals surface area contributed by atoms with Gasteiger partial charge in [0.1, 0.15) is 11.5 Å². The third-order valence-electron chi connectivity index (χ3n) is 10.2. The predicted molar refractivity (Wildman–Crippen MR) is 185 cm³/mol. The Morgan fingerprint density at radius 1 is 0.422 bits per heavy atom. The number of fused-ring (bicyclic) bond motifs is 6. The molecule has 7 aromatic rings. The van der Waals surface area contributed by atoms with Crippen LogP contribution in [0, 0.1) is 0 Å². The van der Waals surface area contributed by atoms with Crippen LogP contribution in [0.2, 0.25) is 0 Å². The van der Waals surface area contributed by atoms with Crippen molar-refractivity contribution in [2.45, 2.75) is 24.7 Å². The monoisotopic (exact) mass is 576 g/mol. The highest BCUT2D eigenvalue weighted by atomic mass is 16.5. The molecule has 0 bridgehead atoms. The Kier molecular flexibility index (Phi) is 5.53. The molecule has 1 heteroatoms. The average molecular weight is 577 g/mol. The van der Waals surface area contributed by atoms with E-state index in [-0.39, 0.29) is 5.41 Å². The minimum Gasteiger partial charge on any atom is -0.456 e. The highest BCUT2D eigenvalue weighted by molar-refractivity contribution is 5.96. The number of hydrogen-bond acceptors (Lipinski definition) is 1. The molecule has 0 saturated carbocycles. The van der Waals surface area contributed by atoms with E-state index in [2.05, 4.69) is 172 Å². The second-order valence-electron chi connectivity index (χ2n) is 12.9. The summed E-state index contributed by atoms with van der Waals surface area (Å²) in [5.74, 6) is 1.88. The Morgan fingerprint density at radius 2 is 1.04 bits per heavy atom. The van der Waals surface area contributed by atoms with Crippen LogP contribution in [0.5, 0.6) is 11.5 Å². The molecule has 45 heavy (non-hydrogen) atoms. The lowest BCUT2D eigenvalue weighted by Crippen LogP contribution is -2.28. The van der Waals surface area contributed by atoms with Gasteiger partial charge in [0, 0.05) is 22.1 Å². The van der Waals surface area contributed by atoms with E-state index in [0.29, 0.717) is 0 Å². The first-order valence-corrected chi connectivity index (χ1v) is 15.8. The molecule has 9 rings (SSSR count). The summed E-state index contributed by atoms with van der Waals surface area (Å²) in [4.78, 5) is 0. The molecular formula is C44H32O. The predicted octanol–water partition coefficient (Wildman–Crippen LogP) is 11.3. The van der Waals surface area contributed by atoms with E-state index in [1.165, 1.54) is 55.3 Å². The maximum atomic E-state index is 6.73. The molecule has 0 N–H and O–H groups in total. The first-order valence-electron chi connectivity index (χ1n) is 15.8. The van der Waals surface area contributed by atoms with E-state index in [0.717, 1.165) is 22.6 Å². The number of ether oxygens (including phenoxy) is 1. The summed E-state index contributed by atoms with van der Waals surface area (Å²) in [6.07, 6.45) is 0. The number of para-hydroxylation sites is 2. The van der Waals surface area contributed by atoms with Gasteiger partial charge in [-0.1, -0.05) is 147 Å². The normalized spacial score (nSPS) is 17.1. The van der Waals surface area contributed by atoms with Crippen LogP contribution in [0.1, 0.15) is 47.2 Å². The van der Waals surface area contributed by atoms with Gasteiger partial charge in [0.25, 0.3) is 0 Å². The van der Waals surface area contributed by atoms with E-state index in [1.807, 2.05) is 0 Å². The average Bonchev–Trinajstić information content (AvgIpc) is 3.37. The van der Waals surface area contributed by atoms with Gasteiger partial charge in [-0.15, -0.1) is 0 Å². The molecule has 1 aliphatic carbocycles. The summed E-state index contributed by atoms with van der Waals surface area (Å²) < 4.78 is 6.73. The van der Waals surface area contributed by atoms with Gasteiger partial charge < -0.3 is 4.74 Å². The van der Waals surface area contributed by atoms with Gasteiger partial charge in [-0.05, 0) is 74.0 Å². The Bertz CT molecular complexity index is 2280. The van der Waals surface area contributed by atoms with E-state index in [1.54, 1.807) is 0 Å². The van der Waals surface area contributed by atoms with Crippen molar-refractivity contribution in [3.63, 3.8) is 0 Å². The molecule has 2 aliphatic rings. The van der Waals surface area contributed by atoms with Gasteiger partial charge in [-0.2, -0.15) is 0 Å². The van der Waals surface area contributed by atoms with Crippen LogP contribution in [0.15, 0.2) is 158 Å². The molecule has 1 aliphatic heterocycles. The summed E-state index contributed by atoms with van der Waals surface area (Å²) in [7, 11) is 0. The fourth-order valence-corrected chi connectivity index (χ4v) is 8.05. The van der Waals surface area contributed by atoms with Crippen LogP contribution >= 0.6 is 0 Å². The molecular weight excluding hydrogens is 544 g/mol. The summed E-state index contributed by atoms with van der Waals surface area (Å²) in [5, 5.41) is 2.52. The summed E-state index contributed by atoms with van der Waals surface area (Å²) in [5.41, 5.74) is 11.8. The zero-order chi connectivity index (χ0) is 30.2. The topological polar surface area (TPSA) is 9.23 Å². The first-order chi connectivity index (χ1) is 22.1. The summed E-state index contributed by atoms with van der Waals surface area (Å²) in [6, 6.07) is 57.8. The molecule has 0 radical (unpaired) electrons. The second-order valence-corrected chi connectivity index (χ2v) is 12.9. The number of benzene rings is 7. The lowest BCUT2D eigenvalue weighted by molar-refractivity contribution is 0.419. The molecule has 0 aromatic heterocycles. The van der Waals surface area contributed by atoms with E-state index >= 15 is 0 Å². The Labute approximate surface area is 264 Å². The molecule has 0 amide bonds. The lowest BCUT2D eigenvalue weighted by atomic mass is 9.67. The van der Waals surface area contributed by atoms with Crippen LogP contribution < -0.4 is 4.74 Å². The quantitative estimate of drug-likeness (QED) is 0.203. The van der Waals surface area contributed by atoms with Crippen molar-refractivity contribution in [1.29, 1.82) is 0 Å². The van der Waals surface area contributed by atoms with Crippen molar-refractivity contribution in [3.05, 3.63) is 191 Å².